The van der Waals surface area contributed by atoms with Crippen LogP contribution in [0.5, 0.6) is 0 Å². The van der Waals surface area contributed by atoms with Gasteiger partial charge in [0.25, 0.3) is 0 Å². The molecule has 1 saturated heterocycles. The van der Waals surface area contributed by atoms with Gasteiger partial charge >= 0.3 is 0 Å². The van der Waals surface area contributed by atoms with Gasteiger partial charge in [0.1, 0.15) is 0 Å². The summed E-state index contributed by atoms with van der Waals surface area (Å²) in [6, 6.07) is 0.0334. The van der Waals surface area contributed by atoms with Crippen LogP contribution in [0.25, 0.3) is 0 Å². The maximum Gasteiger partial charge on any atom is 0.241 e. The van der Waals surface area contributed by atoms with Gasteiger partial charge in [-0.3, -0.25) is 10.1 Å². The van der Waals surface area contributed by atoms with E-state index < -0.39 is 0 Å². The Hall–Kier alpha value is -0.570. The predicted octanol–water partition coefficient (Wildman–Crippen LogP) is 2.76. The van der Waals surface area contributed by atoms with Crippen LogP contribution < -0.4 is 5.32 Å². The number of unbranched alkanes of at least 4 members (excludes halogenated alkanes) is 3. The Kier molecular flexibility index (Phi) is 5.96. The van der Waals surface area contributed by atoms with Gasteiger partial charge in [0, 0.05) is 6.54 Å². The highest BCUT2D eigenvalue weighted by molar-refractivity contribution is 5.84. The number of hydrogen-bond acceptors (Lipinski definition) is 2. The zero-order chi connectivity index (χ0) is 12.8. The number of amides is 1. The topological polar surface area (TPSA) is 32.3 Å². The van der Waals surface area contributed by atoms with E-state index in [0.29, 0.717) is 11.8 Å². The number of nitrogens with zero attached hydrogens (tertiary/aromatic N) is 1. The zero-order valence-corrected chi connectivity index (χ0v) is 11.8. The van der Waals surface area contributed by atoms with Crippen molar-refractivity contribution in [1.29, 1.82) is 0 Å². The third-order valence-electron chi connectivity index (χ3n) is 3.60. The first-order chi connectivity index (χ1) is 8.11. The molecule has 1 heterocycles. The van der Waals surface area contributed by atoms with Crippen molar-refractivity contribution in [3.63, 3.8) is 0 Å². The van der Waals surface area contributed by atoms with Crippen LogP contribution in [0.2, 0.25) is 0 Å². The fourth-order valence-electron chi connectivity index (χ4n) is 2.49. The Morgan fingerprint density at radius 3 is 2.47 bits per heavy atom. The first-order valence-electron chi connectivity index (χ1n) is 7.18. The van der Waals surface area contributed by atoms with Crippen LogP contribution in [-0.4, -0.2) is 29.6 Å². The molecular weight excluding hydrogens is 212 g/mol. The van der Waals surface area contributed by atoms with E-state index >= 15 is 0 Å². The smallest absolute Gasteiger partial charge is 0.241 e. The number of hydrogen-bond donors (Lipinski definition) is 1. The molecule has 2 atom stereocenters. The molecule has 0 aromatic rings. The Morgan fingerprint density at radius 2 is 1.94 bits per heavy atom. The molecule has 1 N–H and O–H groups in total. The second kappa shape index (κ2) is 7.00. The van der Waals surface area contributed by atoms with Crippen molar-refractivity contribution in [2.24, 2.45) is 5.92 Å². The first-order valence-corrected chi connectivity index (χ1v) is 7.18. The largest absolute Gasteiger partial charge is 0.326 e. The highest BCUT2D eigenvalue weighted by Crippen LogP contribution is 2.19. The second-order valence-corrected chi connectivity index (χ2v) is 5.40. The maximum atomic E-state index is 12.2. The Morgan fingerprint density at radius 1 is 1.24 bits per heavy atom. The summed E-state index contributed by atoms with van der Waals surface area (Å²) in [7, 11) is 0. The fraction of sp³-hybridized carbons (Fsp3) is 0.929. The molecule has 2 unspecified atom stereocenters. The Labute approximate surface area is 106 Å². The minimum Gasteiger partial charge on any atom is -0.326 e. The van der Waals surface area contributed by atoms with Crippen molar-refractivity contribution >= 4 is 5.91 Å². The summed E-state index contributed by atoms with van der Waals surface area (Å²) in [5.74, 6) is 0.695. The SMILES string of the molecule is CCCCCCN1C(=O)C(C(C)C)NC1CC. The van der Waals surface area contributed by atoms with Crippen molar-refractivity contribution < 1.29 is 4.79 Å². The standard InChI is InChI=1S/C14H28N2O/c1-5-7-8-9-10-16-12(6-2)15-13(11(3)4)14(16)17/h11-13,15H,5-10H2,1-4H3. The molecule has 0 bridgehead atoms. The van der Waals surface area contributed by atoms with Gasteiger partial charge in [-0.25, -0.2) is 0 Å². The van der Waals surface area contributed by atoms with E-state index in [2.05, 4.69) is 37.9 Å². The van der Waals surface area contributed by atoms with E-state index in [-0.39, 0.29) is 12.2 Å². The maximum absolute atomic E-state index is 12.2. The summed E-state index contributed by atoms with van der Waals surface area (Å²) in [6.45, 7) is 9.51. The van der Waals surface area contributed by atoms with Gasteiger partial charge in [-0.2, -0.15) is 0 Å². The fourth-order valence-corrected chi connectivity index (χ4v) is 2.49. The molecule has 1 fully saturated rings. The highest BCUT2D eigenvalue weighted by Gasteiger charge is 2.38. The molecule has 17 heavy (non-hydrogen) atoms. The van der Waals surface area contributed by atoms with E-state index in [9.17, 15) is 4.79 Å². The molecule has 0 aliphatic carbocycles. The average molecular weight is 240 g/mol. The van der Waals surface area contributed by atoms with Crippen molar-refractivity contribution in [1.82, 2.24) is 10.2 Å². The molecular formula is C14H28N2O. The third-order valence-corrected chi connectivity index (χ3v) is 3.60. The summed E-state index contributed by atoms with van der Waals surface area (Å²) in [4.78, 5) is 14.3. The van der Waals surface area contributed by atoms with Gasteiger partial charge in [0.05, 0.1) is 12.2 Å². The van der Waals surface area contributed by atoms with E-state index in [1.807, 2.05) is 0 Å². The quantitative estimate of drug-likeness (QED) is 0.694. The van der Waals surface area contributed by atoms with Gasteiger partial charge in [-0.1, -0.05) is 47.0 Å². The summed E-state index contributed by atoms with van der Waals surface area (Å²) >= 11 is 0. The molecule has 0 spiro atoms. The molecule has 1 aliphatic rings. The molecule has 1 amide bonds. The molecule has 0 saturated carbocycles. The monoisotopic (exact) mass is 240 g/mol. The van der Waals surface area contributed by atoms with E-state index in [0.717, 1.165) is 19.4 Å². The van der Waals surface area contributed by atoms with Gasteiger partial charge in [-0.05, 0) is 18.8 Å². The van der Waals surface area contributed by atoms with Crippen LogP contribution in [0, 0.1) is 5.92 Å². The average Bonchev–Trinajstić information content (AvgIpc) is 2.62. The Balaban J connectivity index is 2.47. The summed E-state index contributed by atoms with van der Waals surface area (Å²) < 4.78 is 0. The summed E-state index contributed by atoms with van der Waals surface area (Å²) in [5.41, 5.74) is 0. The lowest BCUT2D eigenvalue weighted by Gasteiger charge is -2.22. The van der Waals surface area contributed by atoms with Crippen LogP contribution in [-0.2, 0) is 4.79 Å². The summed E-state index contributed by atoms with van der Waals surface area (Å²) in [6.07, 6.45) is 6.17. The van der Waals surface area contributed by atoms with E-state index in [4.69, 9.17) is 0 Å². The number of carbonyl (C=O) groups is 1. The lowest BCUT2D eigenvalue weighted by molar-refractivity contribution is -0.130. The molecule has 0 radical (unpaired) electrons. The lowest BCUT2D eigenvalue weighted by atomic mass is 10.0. The molecule has 1 aliphatic heterocycles. The van der Waals surface area contributed by atoms with Crippen molar-refractivity contribution in [3.05, 3.63) is 0 Å². The van der Waals surface area contributed by atoms with Crippen LogP contribution in [0.15, 0.2) is 0 Å². The van der Waals surface area contributed by atoms with Gasteiger partial charge < -0.3 is 4.90 Å². The van der Waals surface area contributed by atoms with Gasteiger partial charge in [-0.15, -0.1) is 0 Å². The number of rotatable bonds is 7. The Bertz CT molecular complexity index is 240. The molecule has 0 aromatic carbocycles. The van der Waals surface area contributed by atoms with Gasteiger partial charge in [0.2, 0.25) is 5.91 Å². The van der Waals surface area contributed by atoms with Gasteiger partial charge in [0.15, 0.2) is 0 Å². The second-order valence-electron chi connectivity index (χ2n) is 5.40. The summed E-state index contributed by atoms with van der Waals surface area (Å²) in [5, 5.41) is 3.46. The molecule has 3 heteroatoms. The van der Waals surface area contributed by atoms with E-state index in [1.165, 1.54) is 19.3 Å². The minimum atomic E-state index is 0.0334. The van der Waals surface area contributed by atoms with E-state index in [1.54, 1.807) is 0 Å². The number of carbonyl (C=O) groups excluding carboxylic acids is 1. The first kappa shape index (κ1) is 14.5. The number of nitrogens with one attached hydrogen (secondary N) is 1. The molecule has 3 nitrogen and oxygen atoms in total. The molecule has 1 rings (SSSR count). The van der Waals surface area contributed by atoms with Crippen LogP contribution in [0.4, 0.5) is 0 Å². The lowest BCUT2D eigenvalue weighted by Crippen LogP contribution is -2.37. The highest BCUT2D eigenvalue weighted by atomic mass is 16.2. The van der Waals surface area contributed by atoms with Crippen molar-refractivity contribution in [2.75, 3.05) is 6.54 Å². The predicted molar refractivity (Wildman–Crippen MR) is 71.7 cm³/mol. The van der Waals surface area contributed by atoms with Crippen LogP contribution in [0.3, 0.4) is 0 Å². The van der Waals surface area contributed by atoms with Crippen LogP contribution >= 0.6 is 0 Å². The molecule has 100 valence electrons. The zero-order valence-electron chi connectivity index (χ0n) is 11.8. The van der Waals surface area contributed by atoms with Crippen molar-refractivity contribution in [2.45, 2.75) is 72.0 Å². The third kappa shape index (κ3) is 3.70. The minimum absolute atomic E-state index is 0.0334. The van der Waals surface area contributed by atoms with Crippen LogP contribution in [0.1, 0.15) is 59.8 Å². The molecule has 0 aromatic heterocycles. The van der Waals surface area contributed by atoms with Crippen molar-refractivity contribution in [3.8, 4) is 0 Å². The normalized spacial score (nSPS) is 25.0.